The highest BCUT2D eigenvalue weighted by molar-refractivity contribution is 7.91. The number of hydrogen-bond donors (Lipinski definition) is 2. The summed E-state index contributed by atoms with van der Waals surface area (Å²) in [5.74, 6) is 0.368. The highest BCUT2D eigenvalue weighted by Gasteiger charge is 2.27. The van der Waals surface area contributed by atoms with Gasteiger partial charge in [-0.25, -0.2) is 8.42 Å². The molecule has 5 nitrogen and oxygen atoms in total. The monoisotopic (exact) mass is 338 g/mol. The van der Waals surface area contributed by atoms with E-state index < -0.39 is 9.84 Å². The van der Waals surface area contributed by atoms with Crippen molar-refractivity contribution in [3.05, 3.63) is 29.8 Å². The average Bonchev–Trinajstić information content (AvgIpc) is 2.77. The Morgan fingerprint density at radius 1 is 1.26 bits per heavy atom. The number of carbonyl (C=O) groups excluding carboxylic acids is 1. The lowest BCUT2D eigenvalue weighted by Gasteiger charge is -2.23. The molecule has 1 heterocycles. The number of anilines is 1. The molecule has 1 aliphatic heterocycles. The molecule has 1 saturated heterocycles. The first-order valence-electron chi connectivity index (χ1n) is 8.00. The maximum absolute atomic E-state index is 12.1. The quantitative estimate of drug-likeness (QED) is 0.862. The summed E-state index contributed by atoms with van der Waals surface area (Å²) in [5, 5.41) is 6.12. The summed E-state index contributed by atoms with van der Waals surface area (Å²) < 4.78 is 22.8. The summed E-state index contributed by atoms with van der Waals surface area (Å²) in [6.45, 7) is 6.82. The van der Waals surface area contributed by atoms with E-state index in [0.29, 0.717) is 19.4 Å². The molecular weight excluding hydrogens is 312 g/mol. The van der Waals surface area contributed by atoms with Crippen LogP contribution < -0.4 is 10.6 Å². The maximum Gasteiger partial charge on any atom is 0.225 e. The van der Waals surface area contributed by atoms with Crippen LogP contribution in [0.5, 0.6) is 0 Å². The summed E-state index contributed by atoms with van der Waals surface area (Å²) in [7, 11) is -2.88. The highest BCUT2D eigenvalue weighted by Crippen LogP contribution is 2.29. The fourth-order valence-electron chi connectivity index (χ4n) is 2.80. The average molecular weight is 338 g/mol. The summed E-state index contributed by atoms with van der Waals surface area (Å²) in [6.07, 6.45) is 0.964. The van der Waals surface area contributed by atoms with Crippen LogP contribution in [0, 0.1) is 0 Å². The Labute approximate surface area is 138 Å². The summed E-state index contributed by atoms with van der Waals surface area (Å²) >= 11 is 0. The van der Waals surface area contributed by atoms with E-state index in [1.807, 2.05) is 24.3 Å². The second-order valence-electron chi connectivity index (χ2n) is 7.15. The van der Waals surface area contributed by atoms with Gasteiger partial charge in [0, 0.05) is 24.7 Å². The normalized spacial score (nSPS) is 20.4. The molecule has 0 spiro atoms. The zero-order valence-electron chi connectivity index (χ0n) is 14.1. The molecule has 128 valence electrons. The minimum atomic E-state index is -2.88. The van der Waals surface area contributed by atoms with Crippen molar-refractivity contribution >= 4 is 21.4 Å². The zero-order valence-corrected chi connectivity index (χ0v) is 14.9. The van der Waals surface area contributed by atoms with Crippen LogP contribution in [0.15, 0.2) is 24.3 Å². The predicted molar refractivity (Wildman–Crippen MR) is 93.5 cm³/mol. The number of para-hydroxylation sites is 1. The van der Waals surface area contributed by atoms with E-state index >= 15 is 0 Å². The van der Waals surface area contributed by atoms with Gasteiger partial charge >= 0.3 is 0 Å². The molecule has 1 unspecified atom stereocenters. The first kappa shape index (κ1) is 17.9. The van der Waals surface area contributed by atoms with Crippen molar-refractivity contribution in [3.8, 4) is 0 Å². The van der Waals surface area contributed by atoms with Gasteiger partial charge in [-0.05, 0) is 23.5 Å². The van der Waals surface area contributed by atoms with Crippen molar-refractivity contribution in [2.45, 2.75) is 45.1 Å². The minimum Gasteiger partial charge on any atom is -0.326 e. The molecule has 2 rings (SSSR count). The largest absolute Gasteiger partial charge is 0.326 e. The number of rotatable bonds is 5. The Kier molecular flexibility index (Phi) is 5.47. The van der Waals surface area contributed by atoms with Crippen LogP contribution >= 0.6 is 0 Å². The predicted octanol–water partition coefficient (Wildman–Crippen LogP) is 2.09. The van der Waals surface area contributed by atoms with Gasteiger partial charge in [-0.15, -0.1) is 0 Å². The molecule has 1 fully saturated rings. The van der Waals surface area contributed by atoms with Gasteiger partial charge in [0.05, 0.1) is 11.5 Å². The van der Waals surface area contributed by atoms with Gasteiger partial charge in [-0.3, -0.25) is 4.79 Å². The molecule has 0 aliphatic carbocycles. The zero-order chi connectivity index (χ0) is 17.1. The molecule has 0 saturated carbocycles. The molecule has 0 radical (unpaired) electrons. The van der Waals surface area contributed by atoms with Crippen LogP contribution in [-0.2, 0) is 20.0 Å². The third kappa shape index (κ3) is 5.32. The minimum absolute atomic E-state index is 0.0188. The second-order valence-corrected chi connectivity index (χ2v) is 9.38. The van der Waals surface area contributed by atoms with Crippen molar-refractivity contribution in [2.24, 2.45) is 0 Å². The van der Waals surface area contributed by atoms with Crippen molar-refractivity contribution in [1.82, 2.24) is 5.32 Å². The van der Waals surface area contributed by atoms with E-state index in [0.717, 1.165) is 11.3 Å². The molecule has 1 aromatic rings. The smallest absolute Gasteiger partial charge is 0.225 e. The molecule has 1 atom stereocenters. The van der Waals surface area contributed by atoms with Gasteiger partial charge in [0.25, 0.3) is 0 Å². The van der Waals surface area contributed by atoms with E-state index in [-0.39, 0.29) is 28.9 Å². The lowest BCUT2D eigenvalue weighted by Crippen LogP contribution is -2.32. The Morgan fingerprint density at radius 2 is 1.96 bits per heavy atom. The number of hydrogen-bond acceptors (Lipinski definition) is 4. The van der Waals surface area contributed by atoms with Crippen LogP contribution in [0.1, 0.15) is 39.2 Å². The Hall–Kier alpha value is -1.40. The molecular formula is C17H26N2O3S. The van der Waals surface area contributed by atoms with Gasteiger partial charge in [0.2, 0.25) is 5.91 Å². The number of benzene rings is 1. The second kappa shape index (κ2) is 7.01. The first-order chi connectivity index (χ1) is 10.7. The lowest BCUT2D eigenvalue weighted by atomic mass is 9.86. The van der Waals surface area contributed by atoms with E-state index in [9.17, 15) is 13.2 Å². The fraction of sp³-hybridized carbons (Fsp3) is 0.588. The fourth-order valence-corrected chi connectivity index (χ4v) is 4.51. The maximum atomic E-state index is 12.1. The Morgan fingerprint density at radius 3 is 2.57 bits per heavy atom. The van der Waals surface area contributed by atoms with Gasteiger partial charge in [0.1, 0.15) is 0 Å². The number of amides is 1. The Bertz CT molecular complexity index is 663. The summed E-state index contributed by atoms with van der Waals surface area (Å²) in [4.78, 5) is 12.1. The standard InChI is InChI=1S/C17H26N2O3S/c1-17(2,3)14-6-4-5-7-15(14)19-16(20)8-10-18-13-9-11-23(21,22)12-13/h4-7,13,18H,8-12H2,1-3H3,(H,19,20). The van der Waals surface area contributed by atoms with Gasteiger partial charge in [-0.2, -0.15) is 0 Å². The molecule has 0 bridgehead atoms. The van der Waals surface area contributed by atoms with Crippen LogP contribution in [0.4, 0.5) is 5.69 Å². The van der Waals surface area contributed by atoms with Crippen LogP contribution in [0.25, 0.3) is 0 Å². The molecule has 1 aliphatic rings. The van der Waals surface area contributed by atoms with E-state index in [4.69, 9.17) is 0 Å². The number of sulfone groups is 1. The number of nitrogens with one attached hydrogen (secondary N) is 2. The topological polar surface area (TPSA) is 75.3 Å². The van der Waals surface area contributed by atoms with Gasteiger partial charge < -0.3 is 10.6 Å². The van der Waals surface area contributed by atoms with Crippen molar-refractivity contribution in [1.29, 1.82) is 0 Å². The van der Waals surface area contributed by atoms with E-state index in [1.54, 1.807) is 0 Å². The van der Waals surface area contributed by atoms with Crippen molar-refractivity contribution in [2.75, 3.05) is 23.4 Å². The van der Waals surface area contributed by atoms with Gasteiger partial charge in [0.15, 0.2) is 9.84 Å². The number of carbonyl (C=O) groups is 1. The molecule has 1 aromatic carbocycles. The molecule has 0 aromatic heterocycles. The van der Waals surface area contributed by atoms with Crippen molar-refractivity contribution in [3.63, 3.8) is 0 Å². The van der Waals surface area contributed by atoms with Crippen molar-refractivity contribution < 1.29 is 13.2 Å². The van der Waals surface area contributed by atoms with Crippen LogP contribution in [0.2, 0.25) is 0 Å². The van der Waals surface area contributed by atoms with E-state index in [1.165, 1.54) is 0 Å². The first-order valence-corrected chi connectivity index (χ1v) is 9.83. The van der Waals surface area contributed by atoms with Gasteiger partial charge in [-0.1, -0.05) is 39.0 Å². The molecule has 6 heteroatoms. The summed E-state index contributed by atoms with van der Waals surface area (Å²) in [5.41, 5.74) is 1.90. The third-order valence-electron chi connectivity index (χ3n) is 4.03. The SMILES string of the molecule is CC(C)(C)c1ccccc1NC(=O)CCNC1CCS(=O)(=O)C1. The van der Waals surface area contributed by atoms with Crippen LogP contribution in [-0.4, -0.2) is 38.4 Å². The molecule has 2 N–H and O–H groups in total. The lowest BCUT2D eigenvalue weighted by molar-refractivity contribution is -0.116. The molecule has 23 heavy (non-hydrogen) atoms. The Balaban J connectivity index is 1.84. The van der Waals surface area contributed by atoms with Crippen LogP contribution in [0.3, 0.4) is 0 Å². The highest BCUT2D eigenvalue weighted by atomic mass is 32.2. The van der Waals surface area contributed by atoms with E-state index in [2.05, 4.69) is 31.4 Å². The molecule has 1 amide bonds. The summed E-state index contributed by atoms with van der Waals surface area (Å²) in [6, 6.07) is 7.80. The third-order valence-corrected chi connectivity index (χ3v) is 5.79.